The van der Waals surface area contributed by atoms with Gasteiger partial charge in [0.05, 0.1) is 0 Å². The van der Waals surface area contributed by atoms with Crippen molar-refractivity contribution in [2.75, 3.05) is 19.7 Å². The third-order valence-electron chi connectivity index (χ3n) is 2.64. The number of amides is 1. The first-order valence-electron chi connectivity index (χ1n) is 4.85. The molecule has 15 heavy (non-hydrogen) atoms. The predicted molar refractivity (Wildman–Crippen MR) is 63.1 cm³/mol. The lowest BCUT2D eigenvalue weighted by Gasteiger charge is -2.15. The number of rotatable bonds is 2. The van der Waals surface area contributed by atoms with E-state index in [2.05, 4.69) is 15.9 Å². The summed E-state index contributed by atoms with van der Waals surface area (Å²) in [6, 6.07) is 1.89. The van der Waals surface area contributed by atoms with Crippen molar-refractivity contribution in [3.63, 3.8) is 0 Å². The summed E-state index contributed by atoms with van der Waals surface area (Å²) in [4.78, 5) is 14.6. The zero-order chi connectivity index (χ0) is 10.8. The second-order valence-corrected chi connectivity index (χ2v) is 5.46. The standard InChI is InChI=1S/C10H12BrNO2S/c11-8-2-4-15-9(8)10(14)12-3-1-7(5-12)6-13/h2,4,7,13H,1,3,5-6H2. The van der Waals surface area contributed by atoms with Crippen LogP contribution in [0.5, 0.6) is 0 Å². The van der Waals surface area contributed by atoms with Crippen LogP contribution in [0.2, 0.25) is 0 Å². The smallest absolute Gasteiger partial charge is 0.265 e. The Hall–Kier alpha value is -0.390. The molecular weight excluding hydrogens is 278 g/mol. The van der Waals surface area contributed by atoms with Gasteiger partial charge in [-0.05, 0) is 33.8 Å². The van der Waals surface area contributed by atoms with E-state index in [9.17, 15) is 4.79 Å². The number of halogens is 1. The Morgan fingerprint density at radius 2 is 2.53 bits per heavy atom. The number of carbonyl (C=O) groups is 1. The van der Waals surface area contributed by atoms with Crippen molar-refractivity contribution < 1.29 is 9.90 Å². The second-order valence-electron chi connectivity index (χ2n) is 3.69. The third kappa shape index (κ3) is 2.24. The average Bonchev–Trinajstić information content (AvgIpc) is 2.84. The SMILES string of the molecule is O=C(c1sccc1Br)N1CCC(CO)C1. The first-order chi connectivity index (χ1) is 7.22. The molecule has 1 aliphatic rings. The summed E-state index contributed by atoms with van der Waals surface area (Å²) >= 11 is 4.81. The molecule has 1 aromatic rings. The van der Waals surface area contributed by atoms with E-state index in [4.69, 9.17) is 5.11 Å². The first kappa shape index (κ1) is 11.1. The fraction of sp³-hybridized carbons (Fsp3) is 0.500. The van der Waals surface area contributed by atoms with E-state index in [-0.39, 0.29) is 18.4 Å². The molecule has 5 heteroatoms. The molecule has 0 aliphatic carbocycles. The van der Waals surface area contributed by atoms with Crippen LogP contribution in [0, 0.1) is 5.92 Å². The first-order valence-corrected chi connectivity index (χ1v) is 6.52. The van der Waals surface area contributed by atoms with Gasteiger partial charge in [0.15, 0.2) is 0 Å². The van der Waals surface area contributed by atoms with Gasteiger partial charge in [-0.15, -0.1) is 11.3 Å². The Bertz CT molecular complexity index is 366. The van der Waals surface area contributed by atoms with Crippen LogP contribution in [0.15, 0.2) is 15.9 Å². The highest BCUT2D eigenvalue weighted by molar-refractivity contribution is 9.10. The number of likely N-dealkylation sites (tertiary alicyclic amines) is 1. The number of thiophene rings is 1. The van der Waals surface area contributed by atoms with Crippen molar-refractivity contribution >= 4 is 33.2 Å². The Morgan fingerprint density at radius 3 is 3.07 bits per heavy atom. The molecule has 1 fully saturated rings. The summed E-state index contributed by atoms with van der Waals surface area (Å²) in [5.74, 6) is 0.334. The molecule has 1 unspecified atom stereocenters. The zero-order valence-corrected chi connectivity index (χ0v) is 10.6. The largest absolute Gasteiger partial charge is 0.396 e. The minimum Gasteiger partial charge on any atom is -0.396 e. The van der Waals surface area contributed by atoms with Crippen molar-refractivity contribution in [3.05, 3.63) is 20.8 Å². The van der Waals surface area contributed by atoms with Gasteiger partial charge in [0.1, 0.15) is 4.88 Å². The molecule has 82 valence electrons. The number of nitrogens with zero attached hydrogens (tertiary/aromatic N) is 1. The summed E-state index contributed by atoms with van der Waals surface area (Å²) in [5.41, 5.74) is 0. The molecule has 1 aliphatic heterocycles. The average molecular weight is 290 g/mol. The van der Waals surface area contributed by atoms with Gasteiger partial charge < -0.3 is 10.0 Å². The van der Waals surface area contributed by atoms with E-state index < -0.39 is 0 Å². The molecule has 2 heterocycles. The van der Waals surface area contributed by atoms with Gasteiger partial charge in [-0.2, -0.15) is 0 Å². The predicted octanol–water partition coefficient (Wildman–Crippen LogP) is 1.97. The van der Waals surface area contributed by atoms with Gasteiger partial charge >= 0.3 is 0 Å². The second kappa shape index (κ2) is 4.63. The third-order valence-corrected chi connectivity index (χ3v) is 4.47. The summed E-state index contributed by atoms with van der Waals surface area (Å²) in [6.45, 7) is 1.61. The Kier molecular flexibility index (Phi) is 3.43. The van der Waals surface area contributed by atoms with Crippen LogP contribution in [0.4, 0.5) is 0 Å². The molecule has 2 rings (SSSR count). The van der Waals surface area contributed by atoms with Crippen LogP contribution in [-0.2, 0) is 0 Å². The van der Waals surface area contributed by atoms with E-state index in [1.165, 1.54) is 11.3 Å². The monoisotopic (exact) mass is 289 g/mol. The van der Waals surface area contributed by atoms with E-state index in [1.807, 2.05) is 16.3 Å². The highest BCUT2D eigenvalue weighted by Crippen LogP contribution is 2.26. The van der Waals surface area contributed by atoms with Crippen molar-refractivity contribution in [3.8, 4) is 0 Å². The van der Waals surface area contributed by atoms with Gasteiger partial charge in [0.25, 0.3) is 5.91 Å². The number of aliphatic hydroxyl groups is 1. The maximum Gasteiger partial charge on any atom is 0.265 e. The maximum atomic E-state index is 12.0. The number of carbonyl (C=O) groups excluding carboxylic acids is 1. The lowest BCUT2D eigenvalue weighted by Crippen LogP contribution is -2.28. The van der Waals surface area contributed by atoms with Crippen LogP contribution in [0.3, 0.4) is 0 Å². The van der Waals surface area contributed by atoms with Gasteiger partial charge in [-0.3, -0.25) is 4.79 Å². The molecule has 1 aromatic heterocycles. The molecule has 0 saturated carbocycles. The summed E-state index contributed by atoms with van der Waals surface area (Å²) in [6.07, 6.45) is 0.908. The molecule has 1 amide bonds. The Labute approximate surface area is 101 Å². The number of hydrogen-bond acceptors (Lipinski definition) is 3. The van der Waals surface area contributed by atoms with Crippen molar-refractivity contribution in [1.29, 1.82) is 0 Å². The van der Waals surface area contributed by atoms with Gasteiger partial charge in [-0.1, -0.05) is 0 Å². The van der Waals surface area contributed by atoms with Crippen molar-refractivity contribution in [1.82, 2.24) is 4.90 Å². The number of aliphatic hydroxyl groups excluding tert-OH is 1. The maximum absolute atomic E-state index is 12.0. The summed E-state index contributed by atoms with van der Waals surface area (Å²) in [5, 5.41) is 10.9. The fourth-order valence-corrected chi connectivity index (χ4v) is 3.26. The van der Waals surface area contributed by atoms with Crippen LogP contribution in [-0.4, -0.2) is 35.6 Å². The van der Waals surface area contributed by atoms with E-state index in [1.54, 1.807) is 0 Å². The summed E-state index contributed by atoms with van der Waals surface area (Å²) in [7, 11) is 0. The van der Waals surface area contributed by atoms with Crippen LogP contribution >= 0.6 is 27.3 Å². The van der Waals surface area contributed by atoms with E-state index in [0.29, 0.717) is 6.54 Å². The zero-order valence-electron chi connectivity index (χ0n) is 8.15. The van der Waals surface area contributed by atoms with E-state index in [0.717, 1.165) is 22.3 Å². The van der Waals surface area contributed by atoms with E-state index >= 15 is 0 Å². The minimum atomic E-state index is 0.0767. The van der Waals surface area contributed by atoms with Crippen LogP contribution in [0.1, 0.15) is 16.1 Å². The van der Waals surface area contributed by atoms with Crippen LogP contribution in [0.25, 0.3) is 0 Å². The molecule has 0 radical (unpaired) electrons. The van der Waals surface area contributed by atoms with Crippen molar-refractivity contribution in [2.24, 2.45) is 5.92 Å². The Balaban J connectivity index is 2.07. The van der Waals surface area contributed by atoms with Crippen molar-refractivity contribution in [2.45, 2.75) is 6.42 Å². The molecule has 1 saturated heterocycles. The lowest BCUT2D eigenvalue weighted by molar-refractivity contribution is 0.0786. The lowest BCUT2D eigenvalue weighted by atomic mass is 10.1. The van der Waals surface area contributed by atoms with Gasteiger partial charge in [0.2, 0.25) is 0 Å². The molecule has 1 atom stereocenters. The molecule has 0 spiro atoms. The Morgan fingerprint density at radius 1 is 1.73 bits per heavy atom. The highest BCUT2D eigenvalue weighted by atomic mass is 79.9. The van der Waals surface area contributed by atoms with Crippen LogP contribution < -0.4 is 0 Å². The quantitative estimate of drug-likeness (QED) is 0.904. The normalized spacial score (nSPS) is 20.9. The number of hydrogen-bond donors (Lipinski definition) is 1. The fourth-order valence-electron chi connectivity index (χ4n) is 1.76. The highest BCUT2D eigenvalue weighted by Gasteiger charge is 2.27. The molecule has 0 aromatic carbocycles. The minimum absolute atomic E-state index is 0.0767. The van der Waals surface area contributed by atoms with Gasteiger partial charge in [0, 0.05) is 30.1 Å². The molecular formula is C10H12BrNO2S. The summed E-state index contributed by atoms with van der Waals surface area (Å²) < 4.78 is 0.866. The molecule has 1 N–H and O–H groups in total. The van der Waals surface area contributed by atoms with Gasteiger partial charge in [-0.25, -0.2) is 0 Å². The molecule has 3 nitrogen and oxygen atoms in total. The molecule has 0 bridgehead atoms. The topological polar surface area (TPSA) is 40.5 Å².